The molecule has 2 heterocycles. The maximum atomic E-state index is 12.6. The summed E-state index contributed by atoms with van der Waals surface area (Å²) in [6.07, 6.45) is 2.75. The minimum Gasteiger partial charge on any atom is -0.344 e. The van der Waals surface area contributed by atoms with Gasteiger partial charge in [0.1, 0.15) is 6.04 Å². The Morgan fingerprint density at radius 2 is 1.86 bits per heavy atom. The largest absolute Gasteiger partial charge is 0.344 e. The molecule has 1 N–H and O–H groups in total. The lowest BCUT2D eigenvalue weighted by Gasteiger charge is -2.35. The van der Waals surface area contributed by atoms with Gasteiger partial charge in [0.05, 0.1) is 0 Å². The zero-order chi connectivity index (χ0) is 15.4. The molecular formula is C16H29N3O2. The highest BCUT2D eigenvalue weighted by atomic mass is 16.2. The van der Waals surface area contributed by atoms with E-state index in [2.05, 4.69) is 17.1 Å². The van der Waals surface area contributed by atoms with Gasteiger partial charge in [0.2, 0.25) is 11.8 Å². The Balaban J connectivity index is 1.95. The average molecular weight is 295 g/mol. The Hall–Kier alpha value is -1.10. The topological polar surface area (TPSA) is 52.6 Å². The molecule has 0 radical (unpaired) electrons. The predicted molar refractivity (Wildman–Crippen MR) is 82.8 cm³/mol. The van der Waals surface area contributed by atoms with Crippen molar-refractivity contribution in [2.75, 3.05) is 32.7 Å². The number of hydrogen-bond donors (Lipinski definition) is 1. The summed E-state index contributed by atoms with van der Waals surface area (Å²) in [5.41, 5.74) is 0. The monoisotopic (exact) mass is 295 g/mol. The maximum absolute atomic E-state index is 12.6. The van der Waals surface area contributed by atoms with Gasteiger partial charge in [0.15, 0.2) is 0 Å². The number of rotatable bonds is 4. The second-order valence-corrected chi connectivity index (χ2v) is 6.70. The molecule has 1 atom stereocenters. The third-order valence-electron chi connectivity index (χ3n) is 4.80. The number of amides is 2. The van der Waals surface area contributed by atoms with Crippen molar-refractivity contribution >= 4 is 11.8 Å². The predicted octanol–water partition coefficient (Wildman–Crippen LogP) is 1.09. The molecule has 0 saturated carbocycles. The average Bonchev–Trinajstić information content (AvgIpc) is 2.61. The molecule has 2 saturated heterocycles. The Bertz CT molecular complexity index is 376. The van der Waals surface area contributed by atoms with E-state index in [1.807, 2.05) is 18.7 Å². The van der Waals surface area contributed by atoms with E-state index in [4.69, 9.17) is 0 Å². The van der Waals surface area contributed by atoms with Gasteiger partial charge in [0.25, 0.3) is 0 Å². The minimum atomic E-state index is -0.351. The fourth-order valence-electron chi connectivity index (χ4n) is 3.28. The SMILES string of the molecule is CCN1CCC(CN2CCC(=O)NC(C(C)C)C2=O)CC1. The third kappa shape index (κ3) is 4.19. The van der Waals surface area contributed by atoms with Crippen molar-refractivity contribution in [2.24, 2.45) is 11.8 Å². The van der Waals surface area contributed by atoms with Crippen LogP contribution in [0.15, 0.2) is 0 Å². The molecule has 2 aliphatic rings. The van der Waals surface area contributed by atoms with Gasteiger partial charge in [0, 0.05) is 19.5 Å². The lowest BCUT2D eigenvalue weighted by Crippen LogP contribution is -2.49. The molecule has 120 valence electrons. The van der Waals surface area contributed by atoms with Crippen molar-refractivity contribution in [2.45, 2.75) is 46.1 Å². The number of carbonyl (C=O) groups is 2. The Labute approximate surface area is 128 Å². The van der Waals surface area contributed by atoms with Gasteiger partial charge in [-0.05, 0) is 44.3 Å². The van der Waals surface area contributed by atoms with Crippen LogP contribution in [0, 0.1) is 11.8 Å². The first kappa shape index (κ1) is 16.3. The highest BCUT2D eigenvalue weighted by Crippen LogP contribution is 2.20. The molecule has 0 bridgehead atoms. The number of nitrogens with one attached hydrogen (secondary N) is 1. The smallest absolute Gasteiger partial charge is 0.245 e. The van der Waals surface area contributed by atoms with Gasteiger partial charge in [-0.3, -0.25) is 9.59 Å². The Morgan fingerprint density at radius 3 is 2.43 bits per heavy atom. The van der Waals surface area contributed by atoms with E-state index in [9.17, 15) is 9.59 Å². The zero-order valence-corrected chi connectivity index (χ0v) is 13.6. The molecule has 5 nitrogen and oxygen atoms in total. The molecule has 21 heavy (non-hydrogen) atoms. The van der Waals surface area contributed by atoms with Crippen LogP contribution in [0.2, 0.25) is 0 Å². The minimum absolute atomic E-state index is 0.00496. The summed E-state index contributed by atoms with van der Waals surface area (Å²) in [6.45, 7) is 10.9. The molecule has 2 aliphatic heterocycles. The second kappa shape index (κ2) is 7.25. The number of likely N-dealkylation sites (tertiary alicyclic amines) is 1. The zero-order valence-electron chi connectivity index (χ0n) is 13.6. The van der Waals surface area contributed by atoms with Gasteiger partial charge in [-0.15, -0.1) is 0 Å². The molecule has 0 aromatic carbocycles. The van der Waals surface area contributed by atoms with Crippen molar-refractivity contribution in [3.05, 3.63) is 0 Å². The van der Waals surface area contributed by atoms with E-state index < -0.39 is 0 Å². The van der Waals surface area contributed by atoms with Crippen LogP contribution >= 0.6 is 0 Å². The van der Waals surface area contributed by atoms with Crippen molar-refractivity contribution in [3.8, 4) is 0 Å². The fraction of sp³-hybridized carbons (Fsp3) is 0.875. The Kier molecular flexibility index (Phi) is 5.62. The molecule has 0 spiro atoms. The highest BCUT2D eigenvalue weighted by molar-refractivity contribution is 5.90. The van der Waals surface area contributed by atoms with E-state index >= 15 is 0 Å². The molecule has 2 amide bonds. The van der Waals surface area contributed by atoms with E-state index in [1.165, 1.54) is 0 Å². The molecule has 1 unspecified atom stereocenters. The number of nitrogens with zero attached hydrogens (tertiary/aromatic N) is 2. The van der Waals surface area contributed by atoms with E-state index in [-0.39, 0.29) is 23.8 Å². The summed E-state index contributed by atoms with van der Waals surface area (Å²) < 4.78 is 0. The normalized spacial score (nSPS) is 26.1. The molecule has 0 aromatic rings. The van der Waals surface area contributed by atoms with E-state index in [0.717, 1.165) is 39.0 Å². The van der Waals surface area contributed by atoms with Crippen molar-refractivity contribution in [3.63, 3.8) is 0 Å². The number of carbonyl (C=O) groups excluding carboxylic acids is 2. The van der Waals surface area contributed by atoms with Gasteiger partial charge in [-0.25, -0.2) is 0 Å². The summed E-state index contributed by atoms with van der Waals surface area (Å²) in [7, 11) is 0. The first-order valence-corrected chi connectivity index (χ1v) is 8.31. The van der Waals surface area contributed by atoms with Crippen LogP contribution in [-0.4, -0.2) is 60.4 Å². The van der Waals surface area contributed by atoms with Gasteiger partial charge >= 0.3 is 0 Å². The van der Waals surface area contributed by atoms with Crippen LogP contribution in [0.1, 0.15) is 40.0 Å². The van der Waals surface area contributed by atoms with Gasteiger partial charge < -0.3 is 15.1 Å². The van der Waals surface area contributed by atoms with Gasteiger partial charge in [-0.2, -0.15) is 0 Å². The summed E-state index contributed by atoms with van der Waals surface area (Å²) in [5, 5.41) is 2.87. The number of piperidine rings is 1. The molecule has 0 aliphatic carbocycles. The van der Waals surface area contributed by atoms with Crippen LogP contribution in [0.3, 0.4) is 0 Å². The van der Waals surface area contributed by atoms with Crippen LogP contribution in [0.4, 0.5) is 0 Å². The van der Waals surface area contributed by atoms with Crippen molar-refractivity contribution in [1.82, 2.24) is 15.1 Å². The van der Waals surface area contributed by atoms with E-state index in [0.29, 0.717) is 18.9 Å². The van der Waals surface area contributed by atoms with Crippen LogP contribution in [0.25, 0.3) is 0 Å². The summed E-state index contributed by atoms with van der Waals surface area (Å²) in [6, 6.07) is -0.351. The summed E-state index contributed by atoms with van der Waals surface area (Å²) in [5.74, 6) is 0.834. The van der Waals surface area contributed by atoms with Crippen molar-refractivity contribution < 1.29 is 9.59 Å². The quantitative estimate of drug-likeness (QED) is 0.845. The third-order valence-corrected chi connectivity index (χ3v) is 4.80. The molecular weight excluding hydrogens is 266 g/mol. The van der Waals surface area contributed by atoms with Crippen LogP contribution in [-0.2, 0) is 9.59 Å². The number of hydrogen-bond acceptors (Lipinski definition) is 3. The highest BCUT2D eigenvalue weighted by Gasteiger charge is 2.33. The fourth-order valence-corrected chi connectivity index (χ4v) is 3.28. The molecule has 5 heteroatoms. The summed E-state index contributed by atoms with van der Waals surface area (Å²) in [4.78, 5) is 28.8. The van der Waals surface area contributed by atoms with Crippen molar-refractivity contribution in [1.29, 1.82) is 0 Å². The second-order valence-electron chi connectivity index (χ2n) is 6.70. The first-order chi connectivity index (χ1) is 10.0. The lowest BCUT2D eigenvalue weighted by atomic mass is 9.95. The molecule has 2 fully saturated rings. The van der Waals surface area contributed by atoms with E-state index in [1.54, 1.807) is 0 Å². The molecule has 0 aromatic heterocycles. The van der Waals surface area contributed by atoms with Gasteiger partial charge in [-0.1, -0.05) is 20.8 Å². The first-order valence-electron chi connectivity index (χ1n) is 8.31. The molecule has 2 rings (SSSR count). The maximum Gasteiger partial charge on any atom is 0.245 e. The van der Waals surface area contributed by atoms with Crippen LogP contribution < -0.4 is 5.32 Å². The summed E-state index contributed by atoms with van der Waals surface area (Å²) >= 11 is 0. The Morgan fingerprint density at radius 1 is 1.19 bits per heavy atom. The van der Waals surface area contributed by atoms with Crippen LogP contribution in [0.5, 0.6) is 0 Å². The standard InChI is InChI=1S/C16H29N3O2/c1-4-18-8-5-13(6-9-18)11-19-10-7-14(20)17-15(12(2)3)16(19)21/h12-13,15H,4-11H2,1-3H3,(H,17,20). The lowest BCUT2D eigenvalue weighted by molar-refractivity contribution is -0.135.